The molecule has 0 radical (unpaired) electrons. The van der Waals surface area contributed by atoms with Crippen molar-refractivity contribution >= 4 is 58.0 Å². The van der Waals surface area contributed by atoms with Gasteiger partial charge in [-0.2, -0.15) is 0 Å². The van der Waals surface area contributed by atoms with Crippen LogP contribution in [0.4, 0.5) is 10.1 Å². The summed E-state index contributed by atoms with van der Waals surface area (Å²) in [5.74, 6) is -1.27. The molecule has 0 spiro atoms. The summed E-state index contributed by atoms with van der Waals surface area (Å²) in [5, 5.41) is 2.09. The van der Waals surface area contributed by atoms with Gasteiger partial charge in [-0.15, -0.1) is 0 Å². The largest absolute Gasteiger partial charge is 0.319 e. The van der Waals surface area contributed by atoms with Crippen LogP contribution in [0.2, 0.25) is 20.5 Å². The average molecular weight is 355 g/mol. The van der Waals surface area contributed by atoms with Gasteiger partial charge >= 0.3 is 0 Å². The van der Waals surface area contributed by atoms with Crippen LogP contribution in [0.5, 0.6) is 0 Å². The van der Waals surface area contributed by atoms with Crippen LogP contribution in [-0.4, -0.2) is 15.9 Å². The Kier molecular flexibility index (Phi) is 4.65. The van der Waals surface area contributed by atoms with Crippen LogP contribution in [0.25, 0.3) is 0 Å². The van der Waals surface area contributed by atoms with E-state index in [0.717, 1.165) is 18.3 Å². The number of benzene rings is 1. The van der Waals surface area contributed by atoms with E-state index in [-0.39, 0.29) is 31.7 Å². The number of amides is 1. The minimum atomic E-state index is -0.651. The number of halogens is 5. The molecule has 0 saturated carbocycles. The van der Waals surface area contributed by atoms with Crippen LogP contribution < -0.4 is 5.32 Å². The van der Waals surface area contributed by atoms with E-state index in [1.165, 1.54) is 0 Å². The molecule has 1 aromatic heterocycles. The third-order valence-corrected chi connectivity index (χ3v) is 3.27. The van der Waals surface area contributed by atoms with Crippen molar-refractivity contribution in [3.63, 3.8) is 0 Å². The van der Waals surface area contributed by atoms with Gasteiger partial charge in [0.1, 0.15) is 11.0 Å². The monoisotopic (exact) mass is 353 g/mol. The van der Waals surface area contributed by atoms with Crippen molar-refractivity contribution in [3.05, 3.63) is 50.2 Å². The fraction of sp³-hybridized carbons (Fsp3) is 0. The molecule has 1 heterocycles. The van der Waals surface area contributed by atoms with Gasteiger partial charge in [-0.25, -0.2) is 14.4 Å². The Labute approximate surface area is 132 Å². The highest BCUT2D eigenvalue weighted by Gasteiger charge is 2.17. The topological polar surface area (TPSA) is 54.9 Å². The zero-order chi connectivity index (χ0) is 14.9. The molecule has 0 atom stereocenters. The Hall–Kier alpha value is -1.14. The molecule has 20 heavy (non-hydrogen) atoms. The van der Waals surface area contributed by atoms with Gasteiger partial charge in [0.15, 0.2) is 0 Å². The molecule has 2 rings (SSSR count). The van der Waals surface area contributed by atoms with Crippen LogP contribution in [0.15, 0.2) is 18.3 Å². The fourth-order valence-corrected chi connectivity index (χ4v) is 2.28. The summed E-state index contributed by atoms with van der Waals surface area (Å²) < 4.78 is 13.0. The van der Waals surface area contributed by atoms with Crippen molar-refractivity contribution in [1.29, 1.82) is 0 Å². The minimum absolute atomic E-state index is 0.0208. The third-order valence-electron chi connectivity index (χ3n) is 2.20. The fourth-order valence-electron chi connectivity index (χ4n) is 1.34. The molecule has 0 unspecified atom stereocenters. The number of carbonyl (C=O) groups excluding carboxylic acids is 1. The summed E-state index contributed by atoms with van der Waals surface area (Å²) in [6.45, 7) is 0. The molecular weight excluding hydrogens is 351 g/mol. The van der Waals surface area contributed by atoms with Crippen LogP contribution in [-0.2, 0) is 0 Å². The lowest BCUT2D eigenvalue weighted by atomic mass is 10.2. The van der Waals surface area contributed by atoms with E-state index in [4.69, 9.17) is 46.4 Å². The molecule has 1 N–H and O–H groups in total. The van der Waals surface area contributed by atoms with E-state index >= 15 is 0 Å². The van der Waals surface area contributed by atoms with Crippen LogP contribution in [0.3, 0.4) is 0 Å². The summed E-state index contributed by atoms with van der Waals surface area (Å²) in [7, 11) is 0. The highest BCUT2D eigenvalue weighted by molar-refractivity contribution is 6.40. The third kappa shape index (κ3) is 3.30. The number of anilines is 1. The van der Waals surface area contributed by atoms with Crippen molar-refractivity contribution in [2.24, 2.45) is 0 Å². The van der Waals surface area contributed by atoms with Crippen molar-refractivity contribution in [2.75, 3.05) is 5.32 Å². The first-order valence-corrected chi connectivity index (χ1v) is 6.53. The maximum Gasteiger partial charge on any atom is 0.260 e. The van der Waals surface area contributed by atoms with E-state index in [1.807, 2.05) is 0 Å². The number of hydrogen-bond donors (Lipinski definition) is 1. The molecular formula is C11H4Cl4FN3O. The van der Waals surface area contributed by atoms with Gasteiger partial charge in [0, 0.05) is 6.20 Å². The molecule has 104 valence electrons. The highest BCUT2D eigenvalue weighted by atomic mass is 35.5. The van der Waals surface area contributed by atoms with E-state index in [1.54, 1.807) is 0 Å². The lowest BCUT2D eigenvalue weighted by molar-refractivity contribution is 0.102. The van der Waals surface area contributed by atoms with Gasteiger partial charge in [-0.05, 0) is 23.7 Å². The van der Waals surface area contributed by atoms with Crippen molar-refractivity contribution in [3.8, 4) is 0 Å². The SMILES string of the molecule is O=C(Nc1c(Cl)cc(F)cc1Cl)c1cnc(Cl)nc1Cl. The lowest BCUT2D eigenvalue weighted by Gasteiger charge is -2.10. The number of aromatic nitrogens is 2. The van der Waals surface area contributed by atoms with Crippen LogP contribution >= 0.6 is 46.4 Å². The van der Waals surface area contributed by atoms with Crippen molar-refractivity contribution in [1.82, 2.24) is 9.97 Å². The quantitative estimate of drug-likeness (QED) is 0.638. The Morgan fingerprint density at radius 2 is 1.75 bits per heavy atom. The van der Waals surface area contributed by atoms with Crippen LogP contribution in [0, 0.1) is 5.82 Å². The van der Waals surface area contributed by atoms with E-state index in [9.17, 15) is 9.18 Å². The first-order valence-electron chi connectivity index (χ1n) is 5.02. The maximum atomic E-state index is 13.0. The molecule has 0 fully saturated rings. The molecule has 9 heteroatoms. The summed E-state index contributed by atoms with van der Waals surface area (Å²) in [6.07, 6.45) is 1.15. The zero-order valence-corrected chi connectivity index (χ0v) is 12.4. The lowest BCUT2D eigenvalue weighted by Crippen LogP contribution is -2.14. The Morgan fingerprint density at radius 3 is 2.30 bits per heavy atom. The predicted octanol–water partition coefficient (Wildman–Crippen LogP) is 4.48. The smallest absolute Gasteiger partial charge is 0.260 e. The Morgan fingerprint density at radius 1 is 1.15 bits per heavy atom. The standard InChI is InChI=1S/C11H4Cl4FN3O/c12-6-1-4(16)2-7(13)8(6)18-10(20)5-3-17-11(15)19-9(5)14/h1-3H,(H,18,20). The molecule has 0 bridgehead atoms. The number of hydrogen-bond acceptors (Lipinski definition) is 3. The molecule has 0 aliphatic heterocycles. The summed E-state index contributed by atoms with van der Waals surface area (Å²) >= 11 is 22.9. The minimum Gasteiger partial charge on any atom is -0.319 e. The number of nitrogens with one attached hydrogen (secondary N) is 1. The van der Waals surface area contributed by atoms with Gasteiger partial charge < -0.3 is 5.32 Å². The molecule has 0 aliphatic rings. The van der Waals surface area contributed by atoms with E-state index in [2.05, 4.69) is 15.3 Å². The van der Waals surface area contributed by atoms with Gasteiger partial charge in [-0.3, -0.25) is 4.79 Å². The Bertz CT molecular complexity index is 672. The first-order chi connectivity index (χ1) is 9.38. The molecule has 4 nitrogen and oxygen atoms in total. The second-order valence-electron chi connectivity index (χ2n) is 3.54. The van der Waals surface area contributed by atoms with Gasteiger partial charge in [0.2, 0.25) is 5.28 Å². The summed E-state index contributed by atoms with van der Waals surface area (Å²) in [6, 6.07) is 2.03. The average Bonchev–Trinajstić information content (AvgIpc) is 2.33. The first kappa shape index (κ1) is 15.3. The van der Waals surface area contributed by atoms with Crippen molar-refractivity contribution in [2.45, 2.75) is 0 Å². The normalized spacial score (nSPS) is 10.4. The van der Waals surface area contributed by atoms with E-state index < -0.39 is 11.7 Å². The molecule has 2 aromatic rings. The maximum absolute atomic E-state index is 13.0. The second-order valence-corrected chi connectivity index (χ2v) is 5.05. The van der Waals surface area contributed by atoms with Gasteiger partial charge in [-0.1, -0.05) is 34.8 Å². The molecule has 0 aliphatic carbocycles. The van der Waals surface area contributed by atoms with Crippen LogP contribution in [0.1, 0.15) is 10.4 Å². The van der Waals surface area contributed by atoms with E-state index in [0.29, 0.717) is 0 Å². The number of rotatable bonds is 2. The predicted molar refractivity (Wildman–Crippen MR) is 76.4 cm³/mol. The van der Waals surface area contributed by atoms with Gasteiger partial charge in [0.25, 0.3) is 5.91 Å². The summed E-state index contributed by atoms with van der Waals surface area (Å²) in [5.41, 5.74) is 0.0401. The summed E-state index contributed by atoms with van der Waals surface area (Å²) in [4.78, 5) is 19.3. The van der Waals surface area contributed by atoms with Crippen molar-refractivity contribution < 1.29 is 9.18 Å². The number of nitrogens with zero attached hydrogens (tertiary/aromatic N) is 2. The Balaban J connectivity index is 2.33. The zero-order valence-electron chi connectivity index (χ0n) is 9.42. The van der Waals surface area contributed by atoms with Gasteiger partial charge in [0.05, 0.1) is 21.3 Å². The molecule has 1 aromatic carbocycles. The highest BCUT2D eigenvalue weighted by Crippen LogP contribution is 2.32. The second kappa shape index (κ2) is 6.10. The molecule has 1 amide bonds. The number of carbonyl (C=O) groups is 1. The molecule has 0 saturated heterocycles.